The number of urea groups is 1. The van der Waals surface area contributed by atoms with Crippen LogP contribution in [-0.4, -0.2) is 56.5 Å². The van der Waals surface area contributed by atoms with Gasteiger partial charge in [-0.1, -0.05) is 18.9 Å². The van der Waals surface area contributed by atoms with E-state index in [-0.39, 0.29) is 17.5 Å². The molecule has 7 heteroatoms. The van der Waals surface area contributed by atoms with Crippen LogP contribution in [0.5, 0.6) is 0 Å². The van der Waals surface area contributed by atoms with Crippen molar-refractivity contribution >= 4 is 27.2 Å². The Morgan fingerprint density at radius 3 is 2.48 bits per heavy atom. The summed E-state index contributed by atoms with van der Waals surface area (Å²) in [5, 5.41) is 3.08. The summed E-state index contributed by atoms with van der Waals surface area (Å²) < 4.78 is 23.3. The lowest BCUT2D eigenvalue weighted by Crippen LogP contribution is -2.42. The van der Waals surface area contributed by atoms with Gasteiger partial charge in [-0.25, -0.2) is 13.2 Å². The summed E-state index contributed by atoms with van der Waals surface area (Å²) in [6, 6.07) is 8.15. The smallest absolute Gasteiger partial charge is 0.322 e. The number of carbonyl (C=O) groups excluding carboxylic acids is 1. The molecule has 27 heavy (non-hydrogen) atoms. The first-order valence-electron chi connectivity index (χ1n) is 10.1. The highest BCUT2D eigenvalue weighted by molar-refractivity contribution is 7.91. The van der Waals surface area contributed by atoms with Gasteiger partial charge in [0.1, 0.15) is 0 Å². The van der Waals surface area contributed by atoms with Crippen LogP contribution < -0.4 is 10.2 Å². The minimum atomic E-state index is -2.90. The maximum atomic E-state index is 12.9. The minimum Gasteiger partial charge on any atom is -0.369 e. The van der Waals surface area contributed by atoms with E-state index in [1.807, 2.05) is 29.2 Å². The summed E-state index contributed by atoms with van der Waals surface area (Å²) in [6.45, 7) is 1.86. The van der Waals surface area contributed by atoms with Gasteiger partial charge in [0.2, 0.25) is 0 Å². The predicted octanol–water partition coefficient (Wildman–Crippen LogP) is 3.11. The number of sulfone groups is 1. The molecule has 2 amide bonds. The molecule has 0 bridgehead atoms. The highest BCUT2D eigenvalue weighted by atomic mass is 32.2. The standard InChI is InChI=1S/C20H29N3O3S/c24-20(23-10-4-9-19(23)16-5-1-2-6-16)21-17-7-3-8-18(15-17)22-11-13-27(25,26)14-12-22/h3,7-8,15-16,19H,1-2,4-6,9-14H2,(H,21,24)/t19-/m0/s1. The molecular weight excluding hydrogens is 362 g/mol. The molecule has 0 radical (unpaired) electrons. The monoisotopic (exact) mass is 391 g/mol. The van der Waals surface area contributed by atoms with Crippen LogP contribution in [0.25, 0.3) is 0 Å². The van der Waals surface area contributed by atoms with E-state index in [9.17, 15) is 13.2 Å². The quantitative estimate of drug-likeness (QED) is 0.860. The lowest BCUT2D eigenvalue weighted by Gasteiger charge is -2.30. The fourth-order valence-corrected chi connectivity index (χ4v) is 6.02. The molecule has 4 rings (SSSR count). The van der Waals surface area contributed by atoms with Gasteiger partial charge in [0.25, 0.3) is 0 Å². The molecule has 1 aliphatic carbocycles. The van der Waals surface area contributed by atoms with E-state index in [0.717, 1.165) is 30.8 Å². The molecule has 0 spiro atoms. The van der Waals surface area contributed by atoms with E-state index in [1.54, 1.807) is 0 Å². The van der Waals surface area contributed by atoms with E-state index < -0.39 is 9.84 Å². The fourth-order valence-electron chi connectivity index (χ4n) is 4.82. The topological polar surface area (TPSA) is 69.7 Å². The van der Waals surface area contributed by atoms with Crippen LogP contribution in [0.15, 0.2) is 24.3 Å². The number of hydrogen-bond donors (Lipinski definition) is 1. The third-order valence-electron chi connectivity index (χ3n) is 6.31. The first-order valence-corrected chi connectivity index (χ1v) is 12.0. The first-order chi connectivity index (χ1) is 13.0. The van der Waals surface area contributed by atoms with Gasteiger partial charge in [-0.2, -0.15) is 0 Å². The number of nitrogens with one attached hydrogen (secondary N) is 1. The van der Waals surface area contributed by atoms with Crippen molar-refractivity contribution in [3.05, 3.63) is 24.3 Å². The van der Waals surface area contributed by atoms with Gasteiger partial charge < -0.3 is 15.1 Å². The predicted molar refractivity (Wildman–Crippen MR) is 108 cm³/mol. The van der Waals surface area contributed by atoms with Crippen LogP contribution in [0.1, 0.15) is 38.5 Å². The summed E-state index contributed by atoms with van der Waals surface area (Å²) >= 11 is 0. The Labute approximate surface area is 161 Å². The lowest BCUT2D eigenvalue weighted by atomic mass is 9.96. The van der Waals surface area contributed by atoms with Crippen molar-refractivity contribution < 1.29 is 13.2 Å². The Hall–Kier alpha value is -1.76. The molecule has 148 valence electrons. The zero-order valence-corrected chi connectivity index (χ0v) is 16.6. The molecule has 0 aromatic heterocycles. The normalized spacial score (nSPS) is 25.7. The van der Waals surface area contributed by atoms with Crippen molar-refractivity contribution in [3.63, 3.8) is 0 Å². The van der Waals surface area contributed by atoms with E-state index in [0.29, 0.717) is 25.0 Å². The number of amides is 2. The Balaban J connectivity index is 1.41. The molecule has 2 aliphatic heterocycles. The van der Waals surface area contributed by atoms with Crippen LogP contribution in [0.4, 0.5) is 16.2 Å². The van der Waals surface area contributed by atoms with Gasteiger partial charge in [-0.05, 0) is 49.8 Å². The van der Waals surface area contributed by atoms with Crippen molar-refractivity contribution in [1.82, 2.24) is 4.90 Å². The molecule has 2 heterocycles. The third-order valence-corrected chi connectivity index (χ3v) is 7.92. The van der Waals surface area contributed by atoms with E-state index >= 15 is 0 Å². The number of hydrogen-bond acceptors (Lipinski definition) is 4. The van der Waals surface area contributed by atoms with Crippen molar-refractivity contribution in [1.29, 1.82) is 0 Å². The van der Waals surface area contributed by atoms with E-state index in [2.05, 4.69) is 10.2 Å². The van der Waals surface area contributed by atoms with Gasteiger partial charge in [0.05, 0.1) is 11.5 Å². The molecule has 3 fully saturated rings. The summed E-state index contributed by atoms with van der Waals surface area (Å²) in [6.07, 6.45) is 7.31. The summed E-state index contributed by atoms with van der Waals surface area (Å²) in [7, 11) is -2.90. The minimum absolute atomic E-state index is 0.00257. The van der Waals surface area contributed by atoms with Gasteiger partial charge >= 0.3 is 6.03 Å². The molecule has 0 unspecified atom stereocenters. The summed E-state index contributed by atoms with van der Waals surface area (Å²) in [5.41, 5.74) is 1.75. The van der Waals surface area contributed by atoms with Gasteiger partial charge in [0, 0.05) is 37.1 Å². The number of nitrogens with zero attached hydrogens (tertiary/aromatic N) is 2. The van der Waals surface area contributed by atoms with Crippen LogP contribution in [0, 0.1) is 5.92 Å². The average Bonchev–Trinajstić information content (AvgIpc) is 3.33. The van der Waals surface area contributed by atoms with Crippen LogP contribution >= 0.6 is 0 Å². The highest BCUT2D eigenvalue weighted by Gasteiger charge is 2.36. The SMILES string of the molecule is O=C(Nc1cccc(N2CCS(=O)(=O)CC2)c1)N1CCC[C@H]1C1CCCC1. The van der Waals surface area contributed by atoms with Crippen molar-refractivity contribution in [3.8, 4) is 0 Å². The second kappa shape index (κ2) is 7.70. The number of anilines is 2. The summed E-state index contributed by atoms with van der Waals surface area (Å²) in [4.78, 5) is 17.0. The second-order valence-corrected chi connectivity index (χ2v) is 10.4. The second-order valence-electron chi connectivity index (χ2n) is 8.07. The number of benzene rings is 1. The Morgan fingerprint density at radius 1 is 1.00 bits per heavy atom. The van der Waals surface area contributed by atoms with Gasteiger partial charge in [-0.3, -0.25) is 0 Å². The lowest BCUT2D eigenvalue weighted by molar-refractivity contribution is 0.185. The number of carbonyl (C=O) groups is 1. The highest BCUT2D eigenvalue weighted by Crippen LogP contribution is 2.35. The zero-order valence-electron chi connectivity index (χ0n) is 15.8. The van der Waals surface area contributed by atoms with Crippen molar-refractivity contribution in [2.75, 3.05) is 41.4 Å². The maximum Gasteiger partial charge on any atom is 0.322 e. The molecule has 2 saturated heterocycles. The fraction of sp³-hybridized carbons (Fsp3) is 0.650. The Kier molecular flexibility index (Phi) is 5.30. The van der Waals surface area contributed by atoms with Crippen LogP contribution in [0.2, 0.25) is 0 Å². The molecule has 1 N–H and O–H groups in total. The van der Waals surface area contributed by atoms with E-state index in [1.165, 1.54) is 25.7 Å². The first kappa shape index (κ1) is 18.6. The van der Waals surface area contributed by atoms with Gasteiger partial charge in [0.15, 0.2) is 9.84 Å². The molecule has 1 aromatic carbocycles. The van der Waals surface area contributed by atoms with Crippen LogP contribution in [0.3, 0.4) is 0 Å². The molecule has 3 aliphatic rings. The van der Waals surface area contributed by atoms with Crippen molar-refractivity contribution in [2.24, 2.45) is 5.92 Å². The zero-order chi connectivity index (χ0) is 18.9. The van der Waals surface area contributed by atoms with E-state index in [4.69, 9.17) is 0 Å². The third kappa shape index (κ3) is 4.23. The molecule has 1 saturated carbocycles. The number of rotatable bonds is 3. The van der Waals surface area contributed by atoms with Crippen LogP contribution in [-0.2, 0) is 9.84 Å². The van der Waals surface area contributed by atoms with Crippen molar-refractivity contribution in [2.45, 2.75) is 44.6 Å². The largest absolute Gasteiger partial charge is 0.369 e. The maximum absolute atomic E-state index is 12.9. The van der Waals surface area contributed by atoms with Gasteiger partial charge in [-0.15, -0.1) is 0 Å². The Bertz CT molecular complexity index is 775. The molecular formula is C20H29N3O3S. The summed E-state index contributed by atoms with van der Waals surface area (Å²) in [5.74, 6) is 1.06. The Morgan fingerprint density at radius 2 is 1.74 bits per heavy atom. The molecule has 1 aromatic rings. The molecule has 6 nitrogen and oxygen atoms in total. The number of likely N-dealkylation sites (tertiary alicyclic amines) is 1. The average molecular weight is 392 g/mol. The molecule has 1 atom stereocenters.